The Morgan fingerprint density at radius 3 is 1.21 bits per heavy atom. The van der Waals surface area contributed by atoms with Gasteiger partial charge in [-0.25, -0.2) is 29.9 Å². The minimum Gasteiger partial charge on any atom is -0.324 e. The number of aromatic nitrogens is 8. The first-order chi connectivity index (χ1) is 23.1. The van der Waals surface area contributed by atoms with Crippen LogP contribution in [-0.4, -0.2) is 39.9 Å². The standard InChI is InChI=1S/C40H34N8/c1-17-19(3)23(7)31-29(21(17)5)37-44-35-27-15-11-9-13-25(27)33(42-35)41-34-26-14-10-12-16-28(26)36(43-34)45-38-30-22(6)18(2)20(4)24(8)32(30)40(47-38)48-39(31)46-37/h9-16H,1-8H3,(H2,41,42,43,44,45,46,47,48). The number of rotatable bonds is 0. The number of hydrogen-bond donors (Lipinski definition) is 2. The van der Waals surface area contributed by atoms with Crippen LogP contribution in [0.2, 0.25) is 0 Å². The largest absolute Gasteiger partial charge is 0.324 e. The Morgan fingerprint density at radius 2 is 0.708 bits per heavy atom. The van der Waals surface area contributed by atoms with E-state index in [0.29, 0.717) is 34.6 Å². The predicted octanol–water partition coefficient (Wildman–Crippen LogP) is 9.34. The highest BCUT2D eigenvalue weighted by Crippen LogP contribution is 2.43. The van der Waals surface area contributed by atoms with E-state index in [4.69, 9.17) is 29.9 Å². The van der Waals surface area contributed by atoms with Gasteiger partial charge in [-0.1, -0.05) is 48.5 Å². The number of hydrogen-bond acceptors (Lipinski definition) is 6. The molecule has 0 spiro atoms. The van der Waals surface area contributed by atoms with Crippen LogP contribution in [0.3, 0.4) is 0 Å². The van der Waals surface area contributed by atoms with Crippen molar-refractivity contribution in [1.29, 1.82) is 0 Å². The monoisotopic (exact) mass is 626 g/mol. The van der Waals surface area contributed by atoms with Crippen LogP contribution in [-0.2, 0) is 0 Å². The molecule has 0 aliphatic carbocycles. The van der Waals surface area contributed by atoms with Gasteiger partial charge in [0, 0.05) is 43.8 Å². The molecule has 2 aliphatic rings. The van der Waals surface area contributed by atoms with Crippen LogP contribution in [0.25, 0.3) is 89.7 Å². The zero-order chi connectivity index (χ0) is 33.2. The van der Waals surface area contributed by atoms with Crippen LogP contribution in [0.1, 0.15) is 44.5 Å². The molecule has 8 heteroatoms. The van der Waals surface area contributed by atoms with Crippen molar-refractivity contribution in [3.05, 3.63) is 93.0 Å². The lowest BCUT2D eigenvalue weighted by molar-refractivity contribution is 1.19. The molecule has 0 unspecified atom stereocenters. The summed E-state index contributed by atoms with van der Waals surface area (Å²) < 4.78 is 0. The lowest BCUT2D eigenvalue weighted by Crippen LogP contribution is -1.97. The fraction of sp³-hybridized carbons (Fsp3) is 0.200. The molecular formula is C40H34N8. The quantitative estimate of drug-likeness (QED) is 0.174. The van der Waals surface area contributed by atoms with Gasteiger partial charge in [0.15, 0.2) is 23.3 Å². The summed E-state index contributed by atoms with van der Waals surface area (Å²) in [6.07, 6.45) is 0. The predicted molar refractivity (Wildman–Crippen MR) is 194 cm³/mol. The van der Waals surface area contributed by atoms with Gasteiger partial charge in [-0.2, -0.15) is 0 Å². The van der Waals surface area contributed by atoms with E-state index in [1.807, 2.05) is 24.3 Å². The smallest absolute Gasteiger partial charge is 0.165 e. The Hall–Kier alpha value is -5.76. The van der Waals surface area contributed by atoms with Crippen molar-refractivity contribution in [2.24, 2.45) is 0 Å². The molecule has 2 N–H and O–H groups in total. The summed E-state index contributed by atoms with van der Waals surface area (Å²) >= 11 is 0. The molecule has 0 amide bonds. The molecule has 8 bridgehead atoms. The zero-order valence-electron chi connectivity index (χ0n) is 28.3. The van der Waals surface area contributed by atoms with Crippen LogP contribution < -0.4 is 0 Å². The summed E-state index contributed by atoms with van der Waals surface area (Å²) in [6, 6.07) is 16.3. The van der Waals surface area contributed by atoms with Crippen molar-refractivity contribution >= 4 is 44.1 Å². The molecule has 0 atom stereocenters. The van der Waals surface area contributed by atoms with Crippen molar-refractivity contribution < 1.29 is 0 Å². The Balaban J connectivity index is 1.56. The molecule has 4 aromatic carbocycles. The molecule has 0 radical (unpaired) electrons. The average molecular weight is 627 g/mol. The molecule has 9 rings (SSSR count). The van der Waals surface area contributed by atoms with E-state index in [0.717, 1.165) is 66.2 Å². The third-order valence-corrected chi connectivity index (χ3v) is 10.9. The van der Waals surface area contributed by atoms with Gasteiger partial charge in [0.05, 0.1) is 0 Å². The van der Waals surface area contributed by atoms with Crippen LogP contribution in [0.5, 0.6) is 0 Å². The van der Waals surface area contributed by atoms with Gasteiger partial charge in [-0.3, -0.25) is 0 Å². The summed E-state index contributed by atoms with van der Waals surface area (Å²) in [5, 5.41) is 4.02. The van der Waals surface area contributed by atoms with Crippen LogP contribution in [0.4, 0.5) is 0 Å². The van der Waals surface area contributed by atoms with Gasteiger partial charge in [-0.05, 0) is 99.9 Å². The second-order valence-electron chi connectivity index (χ2n) is 13.2. The lowest BCUT2D eigenvalue weighted by Gasteiger charge is -2.14. The molecule has 8 nitrogen and oxygen atoms in total. The number of benzene rings is 4. The summed E-state index contributed by atoms with van der Waals surface area (Å²) in [5.41, 5.74) is 16.4. The van der Waals surface area contributed by atoms with Crippen molar-refractivity contribution in [3.63, 3.8) is 0 Å². The van der Waals surface area contributed by atoms with Crippen LogP contribution in [0.15, 0.2) is 48.5 Å². The molecule has 0 saturated carbocycles. The maximum Gasteiger partial charge on any atom is 0.165 e. The van der Waals surface area contributed by atoms with E-state index in [-0.39, 0.29) is 0 Å². The molecular weight excluding hydrogens is 592 g/mol. The molecule has 2 aliphatic heterocycles. The Kier molecular flexibility index (Phi) is 5.85. The van der Waals surface area contributed by atoms with Gasteiger partial charge >= 0.3 is 0 Å². The fourth-order valence-corrected chi connectivity index (χ4v) is 7.56. The highest BCUT2D eigenvalue weighted by Gasteiger charge is 2.27. The highest BCUT2D eigenvalue weighted by molar-refractivity contribution is 6.10. The zero-order valence-corrected chi connectivity index (χ0v) is 28.3. The van der Waals surface area contributed by atoms with Gasteiger partial charge in [0.2, 0.25) is 0 Å². The second-order valence-corrected chi connectivity index (χ2v) is 13.2. The maximum atomic E-state index is 5.36. The van der Waals surface area contributed by atoms with E-state index >= 15 is 0 Å². The van der Waals surface area contributed by atoms with Crippen molar-refractivity contribution in [2.45, 2.75) is 55.4 Å². The fourth-order valence-electron chi connectivity index (χ4n) is 7.56. The average Bonchev–Trinajstić information content (AvgIpc) is 3.83. The molecule has 48 heavy (non-hydrogen) atoms. The Labute approximate surface area is 277 Å². The molecule has 0 fully saturated rings. The first kappa shape index (κ1) is 28.5. The normalized spacial score (nSPS) is 12.2. The SMILES string of the molecule is Cc1c(C)c(C)c2c(c1C)-c1nc-2nc2[nH]c(nc3nc(nc4[nH]c(n1)c1ccccc41)-c1ccccc1-3)c1c(C)c(C)c(C)c(C)c21. The number of aryl methyl sites for hydroxylation is 2. The molecule has 7 aromatic rings. The highest BCUT2D eigenvalue weighted by atomic mass is 15.1. The summed E-state index contributed by atoms with van der Waals surface area (Å²) in [4.78, 5) is 38.4. The number of nitrogens with one attached hydrogen (secondary N) is 2. The second kappa shape index (κ2) is 9.87. The van der Waals surface area contributed by atoms with Crippen molar-refractivity contribution in [1.82, 2.24) is 39.9 Å². The third kappa shape index (κ3) is 3.77. The Morgan fingerprint density at radius 1 is 0.354 bits per heavy atom. The van der Waals surface area contributed by atoms with Crippen LogP contribution in [0, 0.1) is 55.4 Å². The number of H-pyrrole nitrogens is 2. The summed E-state index contributed by atoms with van der Waals surface area (Å²) in [5.74, 6) is 2.49. The van der Waals surface area contributed by atoms with E-state index in [1.165, 1.54) is 33.4 Å². The number of aromatic amines is 2. The lowest BCUT2D eigenvalue weighted by atomic mass is 9.89. The van der Waals surface area contributed by atoms with Gasteiger partial charge < -0.3 is 9.97 Å². The van der Waals surface area contributed by atoms with E-state index in [9.17, 15) is 0 Å². The summed E-state index contributed by atoms with van der Waals surface area (Å²) in [6.45, 7) is 17.4. The third-order valence-electron chi connectivity index (χ3n) is 10.9. The molecule has 0 saturated heterocycles. The molecule has 3 aromatic heterocycles. The van der Waals surface area contributed by atoms with Gasteiger partial charge in [0.25, 0.3) is 0 Å². The van der Waals surface area contributed by atoms with Crippen molar-refractivity contribution in [2.75, 3.05) is 0 Å². The number of fused-ring (bicyclic) bond motifs is 20. The van der Waals surface area contributed by atoms with Gasteiger partial charge in [0.1, 0.15) is 22.6 Å². The minimum atomic E-state index is 0.604. The number of nitrogens with zero attached hydrogens (tertiary/aromatic N) is 6. The molecule has 5 heterocycles. The van der Waals surface area contributed by atoms with E-state index < -0.39 is 0 Å². The van der Waals surface area contributed by atoms with E-state index in [1.54, 1.807) is 0 Å². The van der Waals surface area contributed by atoms with Crippen LogP contribution >= 0.6 is 0 Å². The Bertz CT molecular complexity index is 2760. The van der Waals surface area contributed by atoms with Gasteiger partial charge in [-0.15, -0.1) is 0 Å². The first-order valence-corrected chi connectivity index (χ1v) is 16.3. The maximum absolute atomic E-state index is 5.36. The topological polar surface area (TPSA) is 109 Å². The molecule has 234 valence electrons. The summed E-state index contributed by atoms with van der Waals surface area (Å²) in [7, 11) is 0. The van der Waals surface area contributed by atoms with Crippen molar-refractivity contribution in [3.8, 4) is 45.6 Å². The first-order valence-electron chi connectivity index (χ1n) is 16.3. The minimum absolute atomic E-state index is 0.604. The van der Waals surface area contributed by atoms with E-state index in [2.05, 4.69) is 89.6 Å².